The van der Waals surface area contributed by atoms with Gasteiger partial charge in [-0.15, -0.1) is 0 Å². The van der Waals surface area contributed by atoms with E-state index in [1.807, 2.05) is 30.0 Å². The zero-order valence-electron chi connectivity index (χ0n) is 17.3. The predicted octanol–water partition coefficient (Wildman–Crippen LogP) is 2.64. The summed E-state index contributed by atoms with van der Waals surface area (Å²) in [6.07, 6.45) is 1.61. The van der Waals surface area contributed by atoms with Crippen LogP contribution in [0.1, 0.15) is 0 Å². The summed E-state index contributed by atoms with van der Waals surface area (Å²) in [5.74, 6) is -0.252. The summed E-state index contributed by atoms with van der Waals surface area (Å²) in [6, 6.07) is 6.35. The van der Waals surface area contributed by atoms with Crippen molar-refractivity contribution in [3.63, 3.8) is 0 Å². The number of piperazine rings is 1. The van der Waals surface area contributed by atoms with E-state index in [1.165, 1.54) is 23.5 Å². The Morgan fingerprint density at radius 2 is 1.94 bits per heavy atom. The molecule has 0 atom stereocenters. The van der Waals surface area contributed by atoms with Crippen LogP contribution in [0.5, 0.6) is 0 Å². The van der Waals surface area contributed by atoms with Gasteiger partial charge >= 0.3 is 0 Å². The van der Waals surface area contributed by atoms with Crippen LogP contribution in [0, 0.1) is 5.82 Å². The number of fused-ring (bicyclic) bond motifs is 6. The molecule has 1 aliphatic rings. The zero-order valence-corrected chi connectivity index (χ0v) is 18.1. The number of halogens is 1. The van der Waals surface area contributed by atoms with Gasteiger partial charge in [0.1, 0.15) is 5.82 Å². The molecule has 3 heterocycles. The summed E-state index contributed by atoms with van der Waals surface area (Å²) in [6.45, 7) is 3.10. The van der Waals surface area contributed by atoms with E-state index in [2.05, 4.69) is 9.88 Å². The van der Waals surface area contributed by atoms with E-state index in [9.17, 15) is 14.0 Å². The lowest BCUT2D eigenvalue weighted by molar-refractivity contribution is -0.132. The number of amides is 1. The van der Waals surface area contributed by atoms with Crippen LogP contribution in [0.25, 0.3) is 31.8 Å². The number of rotatable bonds is 3. The largest absolute Gasteiger partial charge is 0.345 e. The van der Waals surface area contributed by atoms with Crippen molar-refractivity contribution in [3.8, 4) is 0 Å². The second-order valence-electron chi connectivity index (χ2n) is 8.07. The standard InChI is InChI=1S/C22H22FN5O2S/c1-26(2)12-17(29)27-7-9-28(10-8-27)22-25-19-14-4-3-13(23)11-16(14)18-15(20(19)31-22)5-6-24-21(18)30/h3-6,11H,7-10,12H2,1-2H3,(H,24,30). The summed E-state index contributed by atoms with van der Waals surface area (Å²) in [4.78, 5) is 38.5. The number of hydrogen-bond acceptors (Lipinski definition) is 6. The highest BCUT2D eigenvalue weighted by Crippen LogP contribution is 2.39. The van der Waals surface area contributed by atoms with Crippen molar-refractivity contribution in [1.82, 2.24) is 19.8 Å². The molecule has 0 bridgehead atoms. The molecule has 0 unspecified atom stereocenters. The fourth-order valence-electron chi connectivity index (χ4n) is 4.19. The highest BCUT2D eigenvalue weighted by atomic mass is 32.1. The predicted molar refractivity (Wildman–Crippen MR) is 123 cm³/mol. The molecule has 1 N–H and O–H groups in total. The number of likely N-dealkylation sites (N-methyl/N-ethyl adjacent to an activating group) is 1. The van der Waals surface area contributed by atoms with Gasteiger partial charge in [-0.05, 0) is 38.4 Å². The summed E-state index contributed by atoms with van der Waals surface area (Å²) < 4.78 is 14.9. The number of aromatic amines is 1. The fraction of sp³-hybridized carbons (Fsp3) is 0.318. The van der Waals surface area contributed by atoms with Gasteiger partial charge in [-0.1, -0.05) is 11.3 Å². The highest BCUT2D eigenvalue weighted by molar-refractivity contribution is 7.23. The maximum absolute atomic E-state index is 14.0. The summed E-state index contributed by atoms with van der Waals surface area (Å²) in [7, 11) is 3.78. The van der Waals surface area contributed by atoms with Crippen LogP contribution < -0.4 is 10.5 Å². The number of aromatic nitrogens is 2. The Morgan fingerprint density at radius 1 is 1.16 bits per heavy atom. The number of carbonyl (C=O) groups excluding carboxylic acids is 1. The molecule has 0 saturated carbocycles. The first-order valence-electron chi connectivity index (χ1n) is 10.1. The SMILES string of the molecule is CN(C)CC(=O)N1CCN(c2nc3c4ccc(F)cc4c4c(=O)[nH]ccc4c3s2)CC1. The second-order valence-corrected chi connectivity index (χ2v) is 9.04. The molecule has 0 spiro atoms. The molecule has 0 aliphatic carbocycles. The van der Waals surface area contributed by atoms with Crippen LogP contribution >= 0.6 is 11.3 Å². The minimum Gasteiger partial charge on any atom is -0.345 e. The normalized spacial score (nSPS) is 15.0. The Morgan fingerprint density at radius 3 is 2.68 bits per heavy atom. The second kappa shape index (κ2) is 7.58. The van der Waals surface area contributed by atoms with Crippen LogP contribution in [0.3, 0.4) is 0 Å². The molecule has 1 saturated heterocycles. The van der Waals surface area contributed by atoms with E-state index in [0.717, 1.165) is 26.1 Å². The zero-order chi connectivity index (χ0) is 21.7. The van der Waals surface area contributed by atoms with Crippen molar-refractivity contribution in [2.75, 3.05) is 51.7 Å². The Bertz CT molecular complexity index is 1370. The van der Waals surface area contributed by atoms with Gasteiger partial charge in [-0.2, -0.15) is 0 Å². The average molecular weight is 440 g/mol. The number of hydrogen-bond donors (Lipinski definition) is 1. The van der Waals surface area contributed by atoms with Gasteiger partial charge in [-0.3, -0.25) is 9.59 Å². The van der Waals surface area contributed by atoms with Crippen LogP contribution in [-0.4, -0.2) is 72.5 Å². The van der Waals surface area contributed by atoms with Gasteiger partial charge < -0.3 is 19.7 Å². The quantitative estimate of drug-likeness (QED) is 0.497. The average Bonchev–Trinajstić information content (AvgIpc) is 3.19. The van der Waals surface area contributed by atoms with E-state index >= 15 is 0 Å². The third-order valence-electron chi connectivity index (χ3n) is 5.68. The van der Waals surface area contributed by atoms with Gasteiger partial charge in [-0.25, -0.2) is 9.37 Å². The number of pyridine rings is 1. The Hall–Kier alpha value is -3.04. The molecule has 9 heteroatoms. The monoisotopic (exact) mass is 439 g/mol. The van der Waals surface area contributed by atoms with Crippen molar-refractivity contribution in [1.29, 1.82) is 0 Å². The molecule has 1 fully saturated rings. The minimum absolute atomic E-state index is 0.132. The van der Waals surface area contributed by atoms with Crippen LogP contribution in [0.15, 0.2) is 35.3 Å². The maximum atomic E-state index is 14.0. The van der Waals surface area contributed by atoms with E-state index < -0.39 is 0 Å². The number of thiazole rings is 1. The van der Waals surface area contributed by atoms with Crippen molar-refractivity contribution >= 4 is 54.1 Å². The van der Waals surface area contributed by atoms with Gasteiger partial charge in [0.2, 0.25) is 5.91 Å². The van der Waals surface area contributed by atoms with Crippen molar-refractivity contribution < 1.29 is 9.18 Å². The third-order valence-corrected chi connectivity index (χ3v) is 6.83. The molecule has 31 heavy (non-hydrogen) atoms. The molecular formula is C22H22FN5O2S. The summed E-state index contributed by atoms with van der Waals surface area (Å²) in [5.41, 5.74) is 0.539. The smallest absolute Gasteiger partial charge is 0.256 e. The number of nitrogens with one attached hydrogen (secondary N) is 1. The molecule has 4 aromatic rings. The van der Waals surface area contributed by atoms with Gasteiger partial charge in [0.05, 0.1) is 22.1 Å². The number of nitrogens with zero attached hydrogens (tertiary/aromatic N) is 4. The first-order valence-corrected chi connectivity index (χ1v) is 10.9. The first-order chi connectivity index (χ1) is 14.9. The molecule has 160 valence electrons. The Labute approximate surface area is 181 Å². The third kappa shape index (κ3) is 3.43. The molecule has 2 aromatic heterocycles. The maximum Gasteiger partial charge on any atom is 0.256 e. The van der Waals surface area contributed by atoms with Crippen LogP contribution in [0.4, 0.5) is 9.52 Å². The molecule has 1 aliphatic heterocycles. The topological polar surface area (TPSA) is 72.5 Å². The van der Waals surface area contributed by atoms with Crippen LogP contribution in [0.2, 0.25) is 0 Å². The van der Waals surface area contributed by atoms with E-state index in [4.69, 9.17) is 4.98 Å². The molecule has 0 radical (unpaired) electrons. The molecule has 2 aromatic carbocycles. The lowest BCUT2D eigenvalue weighted by atomic mass is 10.0. The number of carbonyl (C=O) groups is 1. The number of benzene rings is 2. The van der Waals surface area contributed by atoms with Gasteiger partial charge in [0.25, 0.3) is 5.56 Å². The Balaban J connectivity index is 1.56. The molecule has 7 nitrogen and oxygen atoms in total. The van der Waals surface area contributed by atoms with Crippen molar-refractivity contribution in [2.24, 2.45) is 0 Å². The van der Waals surface area contributed by atoms with Gasteiger partial charge in [0.15, 0.2) is 5.13 Å². The van der Waals surface area contributed by atoms with Crippen LogP contribution in [-0.2, 0) is 4.79 Å². The van der Waals surface area contributed by atoms with E-state index in [0.29, 0.717) is 43.5 Å². The number of anilines is 1. The summed E-state index contributed by atoms with van der Waals surface area (Å²) in [5, 5.41) is 3.45. The molecular weight excluding hydrogens is 417 g/mol. The van der Waals surface area contributed by atoms with Crippen molar-refractivity contribution in [3.05, 3.63) is 46.6 Å². The first kappa shape index (κ1) is 19.9. The van der Waals surface area contributed by atoms with Gasteiger partial charge in [0, 0.05) is 48.5 Å². The van der Waals surface area contributed by atoms with E-state index in [1.54, 1.807) is 12.3 Å². The molecule has 1 amide bonds. The molecule has 5 rings (SSSR count). The highest BCUT2D eigenvalue weighted by Gasteiger charge is 2.24. The summed E-state index contributed by atoms with van der Waals surface area (Å²) >= 11 is 1.54. The Kier molecular flexibility index (Phi) is 4.86. The minimum atomic E-state index is -0.384. The fourth-order valence-corrected chi connectivity index (χ4v) is 5.36. The van der Waals surface area contributed by atoms with E-state index in [-0.39, 0.29) is 17.3 Å². The lowest BCUT2D eigenvalue weighted by Crippen LogP contribution is -2.50. The van der Waals surface area contributed by atoms with Crippen molar-refractivity contribution in [2.45, 2.75) is 0 Å². The number of H-pyrrole nitrogens is 1. The lowest BCUT2D eigenvalue weighted by Gasteiger charge is -2.35.